The summed E-state index contributed by atoms with van der Waals surface area (Å²) >= 11 is 0. The van der Waals surface area contributed by atoms with Gasteiger partial charge in [0.1, 0.15) is 6.04 Å². The van der Waals surface area contributed by atoms with E-state index in [0.29, 0.717) is 41.6 Å². The third kappa shape index (κ3) is 5.03. The second-order valence-corrected chi connectivity index (χ2v) is 7.77. The number of hydrogen-bond acceptors (Lipinski definition) is 5. The summed E-state index contributed by atoms with van der Waals surface area (Å²) < 4.78 is 10.6. The largest absolute Gasteiger partial charge is 0.493 e. The molecule has 30 heavy (non-hydrogen) atoms. The average molecular weight is 412 g/mol. The zero-order valence-electron chi connectivity index (χ0n) is 17.9. The van der Waals surface area contributed by atoms with E-state index >= 15 is 0 Å². The number of benzene rings is 2. The van der Waals surface area contributed by atoms with Gasteiger partial charge in [-0.3, -0.25) is 9.59 Å². The van der Waals surface area contributed by atoms with Crippen LogP contribution in [0, 0.1) is 5.92 Å². The van der Waals surface area contributed by atoms with Crippen molar-refractivity contribution in [1.29, 1.82) is 0 Å². The highest BCUT2D eigenvalue weighted by Gasteiger charge is 2.26. The summed E-state index contributed by atoms with van der Waals surface area (Å²) in [4.78, 5) is 24.9. The maximum atomic E-state index is 12.5. The minimum absolute atomic E-state index is 0.0674. The van der Waals surface area contributed by atoms with Crippen molar-refractivity contribution in [2.75, 3.05) is 31.4 Å². The summed E-state index contributed by atoms with van der Waals surface area (Å²) in [7, 11) is 3.19. The molecular formula is C23H29N3O4. The minimum Gasteiger partial charge on any atom is -0.493 e. The Hall–Kier alpha value is -3.22. The van der Waals surface area contributed by atoms with E-state index in [2.05, 4.69) is 29.8 Å². The van der Waals surface area contributed by atoms with Crippen LogP contribution in [0.3, 0.4) is 0 Å². The summed E-state index contributed by atoms with van der Waals surface area (Å²) in [5.41, 5.74) is 3.01. The maximum absolute atomic E-state index is 12.5. The first-order valence-electron chi connectivity index (χ1n) is 10.1. The maximum Gasteiger partial charge on any atom is 0.251 e. The minimum atomic E-state index is -0.251. The molecule has 2 aromatic carbocycles. The number of anilines is 2. The molecule has 160 valence electrons. The number of methoxy groups -OCH3 is 2. The number of nitrogens with one attached hydrogen (secondary N) is 3. The molecule has 7 nitrogen and oxygen atoms in total. The molecule has 2 amide bonds. The molecule has 3 N–H and O–H groups in total. The first-order valence-corrected chi connectivity index (χ1v) is 10.1. The molecule has 0 bridgehead atoms. The van der Waals surface area contributed by atoms with Crippen LogP contribution in [0.2, 0.25) is 0 Å². The van der Waals surface area contributed by atoms with E-state index in [1.807, 2.05) is 24.3 Å². The average Bonchev–Trinajstić information content (AvgIpc) is 2.73. The number of hydrogen-bond donors (Lipinski definition) is 3. The number of ether oxygens (including phenoxy) is 2. The third-order valence-corrected chi connectivity index (χ3v) is 5.04. The molecule has 3 rings (SSSR count). The van der Waals surface area contributed by atoms with Crippen LogP contribution in [0.25, 0.3) is 0 Å². The smallest absolute Gasteiger partial charge is 0.251 e. The molecule has 0 aliphatic carbocycles. The van der Waals surface area contributed by atoms with Gasteiger partial charge in [0.05, 0.1) is 25.6 Å². The molecule has 1 aliphatic rings. The Bertz CT molecular complexity index is 927. The lowest BCUT2D eigenvalue weighted by molar-refractivity contribution is -0.117. The van der Waals surface area contributed by atoms with Crippen molar-refractivity contribution in [3.63, 3.8) is 0 Å². The summed E-state index contributed by atoms with van der Waals surface area (Å²) in [6.07, 6.45) is 1.41. The van der Waals surface area contributed by atoms with Gasteiger partial charge in [-0.15, -0.1) is 0 Å². The Kier molecular flexibility index (Phi) is 6.82. The van der Waals surface area contributed by atoms with E-state index < -0.39 is 0 Å². The van der Waals surface area contributed by atoms with Gasteiger partial charge in [-0.1, -0.05) is 19.9 Å². The number of amides is 2. The van der Waals surface area contributed by atoms with E-state index in [-0.39, 0.29) is 17.9 Å². The molecule has 1 heterocycles. The van der Waals surface area contributed by atoms with Crippen LogP contribution in [0.4, 0.5) is 11.4 Å². The molecule has 0 fully saturated rings. The van der Waals surface area contributed by atoms with Crippen LogP contribution in [0.15, 0.2) is 36.4 Å². The molecule has 0 aromatic heterocycles. The molecule has 1 atom stereocenters. The highest BCUT2D eigenvalue weighted by Crippen LogP contribution is 2.30. The van der Waals surface area contributed by atoms with Crippen LogP contribution in [-0.4, -0.2) is 38.6 Å². The topological polar surface area (TPSA) is 88.7 Å². The Morgan fingerprint density at radius 3 is 2.53 bits per heavy atom. The molecular weight excluding hydrogens is 382 g/mol. The van der Waals surface area contributed by atoms with E-state index in [9.17, 15) is 9.59 Å². The second kappa shape index (κ2) is 9.52. The molecule has 0 saturated carbocycles. The third-order valence-electron chi connectivity index (χ3n) is 5.04. The van der Waals surface area contributed by atoms with Gasteiger partial charge < -0.3 is 25.4 Å². The lowest BCUT2D eigenvalue weighted by Crippen LogP contribution is -2.39. The Balaban J connectivity index is 1.59. The van der Waals surface area contributed by atoms with Gasteiger partial charge in [0.15, 0.2) is 11.5 Å². The fraction of sp³-hybridized carbons (Fsp3) is 0.391. The van der Waals surface area contributed by atoms with Crippen molar-refractivity contribution in [3.8, 4) is 11.5 Å². The van der Waals surface area contributed by atoms with Gasteiger partial charge >= 0.3 is 0 Å². The van der Waals surface area contributed by atoms with Gasteiger partial charge in [-0.05, 0) is 54.7 Å². The quantitative estimate of drug-likeness (QED) is 0.619. The van der Waals surface area contributed by atoms with Crippen molar-refractivity contribution in [1.82, 2.24) is 5.32 Å². The van der Waals surface area contributed by atoms with Gasteiger partial charge in [0.25, 0.3) is 5.91 Å². The Morgan fingerprint density at radius 1 is 1.07 bits per heavy atom. The van der Waals surface area contributed by atoms with Crippen LogP contribution in [0.1, 0.15) is 36.2 Å². The number of carbonyl (C=O) groups excluding carboxylic acids is 2. The van der Waals surface area contributed by atoms with E-state index in [0.717, 1.165) is 17.7 Å². The highest BCUT2D eigenvalue weighted by molar-refractivity contribution is 6.05. The van der Waals surface area contributed by atoms with Gasteiger partial charge in [0.2, 0.25) is 5.91 Å². The first-order chi connectivity index (χ1) is 14.4. The molecule has 1 aliphatic heterocycles. The molecule has 2 aromatic rings. The zero-order valence-corrected chi connectivity index (χ0v) is 17.9. The monoisotopic (exact) mass is 411 g/mol. The number of rotatable bonds is 8. The predicted molar refractivity (Wildman–Crippen MR) is 118 cm³/mol. The molecule has 1 unspecified atom stereocenters. The zero-order chi connectivity index (χ0) is 21.7. The number of fused-ring (bicyclic) bond motifs is 1. The van der Waals surface area contributed by atoms with E-state index in [4.69, 9.17) is 9.47 Å². The lowest BCUT2D eigenvalue weighted by Gasteiger charge is -2.28. The molecule has 0 radical (unpaired) electrons. The lowest BCUT2D eigenvalue weighted by atomic mass is 10.00. The molecule has 0 spiro atoms. The van der Waals surface area contributed by atoms with Crippen molar-refractivity contribution in [2.45, 2.75) is 32.7 Å². The summed E-state index contributed by atoms with van der Waals surface area (Å²) in [6, 6.07) is 10.8. The van der Waals surface area contributed by atoms with Crippen LogP contribution in [0.5, 0.6) is 11.5 Å². The standard InChI is InChI=1S/C23H29N3O4/c1-14(2)11-19-23(28)26-18-13-16(6-7-17(18)25-19)22(27)24-10-9-15-5-8-20(29-3)21(12-15)30-4/h5-8,12-14,19,25H,9-11H2,1-4H3,(H,24,27)(H,26,28). The molecule has 7 heteroatoms. The SMILES string of the molecule is COc1ccc(CCNC(=O)c2ccc3c(c2)NC(=O)C(CC(C)C)N3)cc1OC. The van der Waals surface area contributed by atoms with Crippen molar-refractivity contribution < 1.29 is 19.1 Å². The Morgan fingerprint density at radius 2 is 1.83 bits per heavy atom. The van der Waals surface area contributed by atoms with Gasteiger partial charge in [-0.25, -0.2) is 0 Å². The summed E-state index contributed by atoms with van der Waals surface area (Å²) in [5, 5.41) is 9.09. The summed E-state index contributed by atoms with van der Waals surface area (Å²) in [5.74, 6) is 1.49. The van der Waals surface area contributed by atoms with E-state index in [1.54, 1.807) is 26.4 Å². The van der Waals surface area contributed by atoms with Crippen molar-refractivity contribution >= 4 is 23.2 Å². The van der Waals surface area contributed by atoms with Gasteiger partial charge in [0, 0.05) is 12.1 Å². The van der Waals surface area contributed by atoms with Crippen LogP contribution < -0.4 is 25.4 Å². The van der Waals surface area contributed by atoms with Crippen LogP contribution >= 0.6 is 0 Å². The van der Waals surface area contributed by atoms with Crippen LogP contribution in [-0.2, 0) is 11.2 Å². The van der Waals surface area contributed by atoms with Crippen molar-refractivity contribution in [3.05, 3.63) is 47.5 Å². The predicted octanol–water partition coefficient (Wildman–Crippen LogP) is 3.46. The van der Waals surface area contributed by atoms with Gasteiger partial charge in [-0.2, -0.15) is 0 Å². The van der Waals surface area contributed by atoms with E-state index in [1.165, 1.54) is 0 Å². The number of carbonyl (C=O) groups is 2. The second-order valence-electron chi connectivity index (χ2n) is 7.77. The summed E-state index contributed by atoms with van der Waals surface area (Å²) in [6.45, 7) is 4.65. The highest BCUT2D eigenvalue weighted by atomic mass is 16.5. The Labute approximate surface area is 177 Å². The fourth-order valence-electron chi connectivity index (χ4n) is 3.48. The normalized spacial score (nSPS) is 15.1. The van der Waals surface area contributed by atoms with Crippen molar-refractivity contribution in [2.24, 2.45) is 5.92 Å². The first kappa shape index (κ1) is 21.5. The fourth-order valence-corrected chi connectivity index (χ4v) is 3.48. The molecule has 0 saturated heterocycles.